The van der Waals surface area contributed by atoms with Crippen LogP contribution < -0.4 is 0 Å². The van der Waals surface area contributed by atoms with Gasteiger partial charge in [-0.1, -0.05) is 59.8 Å². The highest BCUT2D eigenvalue weighted by molar-refractivity contribution is 6.75. The molecule has 0 aliphatic rings. The second-order valence-electron chi connectivity index (χ2n) is 6.06. The summed E-state index contributed by atoms with van der Waals surface area (Å²) < 4.78 is 10.9. The van der Waals surface area contributed by atoms with Gasteiger partial charge in [0.05, 0.1) is 6.61 Å². The Morgan fingerprint density at radius 1 is 0.783 bits per heavy atom. The lowest BCUT2D eigenvalue weighted by Gasteiger charge is -2.29. The summed E-state index contributed by atoms with van der Waals surface area (Å²) in [6.45, 7) is 8.89. The minimum absolute atomic E-state index is 0.391. The van der Waals surface area contributed by atoms with Crippen molar-refractivity contribution in [1.82, 2.24) is 0 Å². The molecule has 0 atom stereocenters. The Bertz CT molecular complexity index is 349. The van der Waals surface area contributed by atoms with Crippen molar-refractivity contribution < 1.29 is 18.8 Å². The zero-order chi connectivity index (χ0) is 17.6. The highest BCUT2D eigenvalue weighted by Gasteiger charge is 2.35. The van der Waals surface area contributed by atoms with E-state index in [1.165, 1.54) is 12.2 Å². The molecule has 134 valence electrons. The Labute approximate surface area is 142 Å². The lowest BCUT2D eigenvalue weighted by Crippen LogP contribution is -2.39. The summed E-state index contributed by atoms with van der Waals surface area (Å²) in [6.07, 6.45) is 8.49. The fourth-order valence-electron chi connectivity index (χ4n) is 2.85. The fraction of sp³-hybridized carbons (Fsp3) is 0.778. The molecule has 0 saturated carbocycles. The topological polar surface area (TPSA) is 52.6 Å². The number of hydrogen-bond donors (Lipinski definition) is 0. The molecule has 0 rings (SSSR count). The summed E-state index contributed by atoms with van der Waals surface area (Å²) in [5.41, 5.74) is 0. The summed E-state index contributed by atoms with van der Waals surface area (Å²) in [4.78, 5) is 23.6. The van der Waals surface area contributed by atoms with E-state index in [0.29, 0.717) is 6.61 Å². The summed E-state index contributed by atoms with van der Waals surface area (Å²) in [6, 6.07) is 2.99. The molecule has 0 unspecified atom stereocenters. The second-order valence-corrected chi connectivity index (χ2v) is 10.1. The Balaban J connectivity index is 4.49. The van der Waals surface area contributed by atoms with Crippen molar-refractivity contribution in [1.29, 1.82) is 0 Å². The van der Waals surface area contributed by atoms with Gasteiger partial charge in [0.1, 0.15) is 0 Å². The predicted octanol–water partition coefficient (Wildman–Crippen LogP) is 4.99. The number of carbonyl (C=O) groups excluding carboxylic acids is 2. The summed E-state index contributed by atoms with van der Waals surface area (Å²) in [7, 11) is -2.02. The zero-order valence-corrected chi connectivity index (χ0v) is 16.4. The van der Waals surface area contributed by atoms with E-state index in [9.17, 15) is 9.59 Å². The molecule has 0 spiro atoms. The second kappa shape index (κ2) is 13.3. The van der Waals surface area contributed by atoms with Crippen LogP contribution in [-0.4, -0.2) is 26.9 Å². The first-order valence-corrected chi connectivity index (χ1v) is 11.6. The molecule has 23 heavy (non-hydrogen) atoms. The largest absolute Gasteiger partial charge is 0.516 e. The monoisotopic (exact) mass is 342 g/mol. The maximum absolute atomic E-state index is 12.1. The van der Waals surface area contributed by atoms with Gasteiger partial charge in [-0.05, 0) is 24.6 Å². The number of carbonyl (C=O) groups is 2. The van der Waals surface area contributed by atoms with Crippen molar-refractivity contribution in [2.75, 3.05) is 6.61 Å². The van der Waals surface area contributed by atoms with Crippen LogP contribution in [0.25, 0.3) is 0 Å². The van der Waals surface area contributed by atoms with Crippen molar-refractivity contribution in [2.45, 2.75) is 84.4 Å². The fourth-order valence-corrected chi connectivity index (χ4v) is 7.14. The van der Waals surface area contributed by atoms with Crippen LogP contribution in [0.15, 0.2) is 12.2 Å². The SMILES string of the molecule is CCCCCOC(=O)C=CC(=O)O[Si](CCC)(CCC)CCC. The van der Waals surface area contributed by atoms with E-state index in [0.717, 1.165) is 56.7 Å². The van der Waals surface area contributed by atoms with Gasteiger partial charge in [0.2, 0.25) is 0 Å². The Morgan fingerprint density at radius 2 is 1.30 bits per heavy atom. The van der Waals surface area contributed by atoms with Gasteiger partial charge >= 0.3 is 11.9 Å². The van der Waals surface area contributed by atoms with Crippen LogP contribution in [0.4, 0.5) is 0 Å². The number of hydrogen-bond acceptors (Lipinski definition) is 4. The first kappa shape index (κ1) is 21.9. The van der Waals surface area contributed by atoms with Crippen LogP contribution >= 0.6 is 0 Å². The van der Waals surface area contributed by atoms with Crippen LogP contribution in [0.5, 0.6) is 0 Å². The maximum atomic E-state index is 12.1. The van der Waals surface area contributed by atoms with Gasteiger partial charge in [-0.25, -0.2) is 9.59 Å². The normalized spacial score (nSPS) is 11.7. The first-order valence-electron chi connectivity index (χ1n) is 9.11. The first-order chi connectivity index (χ1) is 11.0. The minimum atomic E-state index is -2.02. The van der Waals surface area contributed by atoms with Gasteiger partial charge < -0.3 is 9.16 Å². The van der Waals surface area contributed by atoms with E-state index in [2.05, 4.69) is 27.7 Å². The van der Waals surface area contributed by atoms with E-state index in [4.69, 9.17) is 9.16 Å². The molecular formula is C18H34O4Si. The Kier molecular flexibility index (Phi) is 12.7. The lowest BCUT2D eigenvalue weighted by molar-refractivity contribution is -0.138. The van der Waals surface area contributed by atoms with E-state index in [1.54, 1.807) is 0 Å². The summed E-state index contributed by atoms with van der Waals surface area (Å²) in [5.74, 6) is -0.857. The number of esters is 1. The van der Waals surface area contributed by atoms with Gasteiger partial charge in [0, 0.05) is 12.2 Å². The standard InChI is InChI=1S/C18H34O4Si/c1-5-9-10-13-21-17(19)11-12-18(20)22-23(14-6-2,15-7-3)16-8-4/h11-12H,5-10,13-16H2,1-4H3. The average Bonchev–Trinajstić information content (AvgIpc) is 2.50. The van der Waals surface area contributed by atoms with Crippen LogP contribution in [0.2, 0.25) is 18.1 Å². The maximum Gasteiger partial charge on any atom is 0.331 e. The molecular weight excluding hydrogens is 308 g/mol. The summed E-state index contributed by atoms with van der Waals surface area (Å²) >= 11 is 0. The van der Waals surface area contributed by atoms with E-state index < -0.39 is 20.3 Å². The van der Waals surface area contributed by atoms with Crippen LogP contribution in [-0.2, 0) is 18.8 Å². The highest BCUT2D eigenvalue weighted by atomic mass is 28.4. The van der Waals surface area contributed by atoms with Crippen molar-refractivity contribution in [2.24, 2.45) is 0 Å². The predicted molar refractivity (Wildman–Crippen MR) is 96.8 cm³/mol. The molecule has 0 fully saturated rings. The molecule has 0 radical (unpaired) electrons. The lowest BCUT2D eigenvalue weighted by atomic mass is 10.3. The molecule has 0 aromatic carbocycles. The van der Waals surface area contributed by atoms with E-state index in [1.807, 2.05) is 0 Å². The Morgan fingerprint density at radius 3 is 1.78 bits per heavy atom. The van der Waals surface area contributed by atoms with Crippen molar-refractivity contribution in [3.05, 3.63) is 12.2 Å². The van der Waals surface area contributed by atoms with Crippen LogP contribution in [0.3, 0.4) is 0 Å². The van der Waals surface area contributed by atoms with Gasteiger partial charge in [0.25, 0.3) is 8.32 Å². The zero-order valence-electron chi connectivity index (χ0n) is 15.4. The molecule has 4 nitrogen and oxygen atoms in total. The van der Waals surface area contributed by atoms with Crippen molar-refractivity contribution in [3.8, 4) is 0 Å². The third kappa shape index (κ3) is 10.3. The van der Waals surface area contributed by atoms with Crippen molar-refractivity contribution >= 4 is 20.3 Å². The molecule has 0 aromatic rings. The van der Waals surface area contributed by atoms with Gasteiger partial charge in [-0.3, -0.25) is 0 Å². The quantitative estimate of drug-likeness (QED) is 0.205. The van der Waals surface area contributed by atoms with Gasteiger partial charge in [-0.2, -0.15) is 0 Å². The van der Waals surface area contributed by atoms with E-state index in [-0.39, 0.29) is 0 Å². The number of unbranched alkanes of at least 4 members (excludes halogenated alkanes) is 2. The molecule has 0 amide bonds. The van der Waals surface area contributed by atoms with Crippen LogP contribution in [0, 0.1) is 0 Å². The molecule has 0 aliphatic carbocycles. The van der Waals surface area contributed by atoms with Gasteiger partial charge in [-0.15, -0.1) is 0 Å². The number of rotatable bonds is 13. The van der Waals surface area contributed by atoms with Crippen LogP contribution in [0.1, 0.15) is 66.2 Å². The van der Waals surface area contributed by atoms with E-state index >= 15 is 0 Å². The molecule has 0 aliphatic heterocycles. The minimum Gasteiger partial charge on any atom is -0.516 e. The summed E-state index contributed by atoms with van der Waals surface area (Å²) in [5, 5.41) is 0. The average molecular weight is 343 g/mol. The Hall–Kier alpha value is -1.10. The van der Waals surface area contributed by atoms with Crippen molar-refractivity contribution in [3.63, 3.8) is 0 Å². The third-order valence-corrected chi connectivity index (χ3v) is 8.65. The third-order valence-electron chi connectivity index (χ3n) is 3.78. The molecule has 5 heteroatoms. The van der Waals surface area contributed by atoms with Gasteiger partial charge in [0.15, 0.2) is 0 Å². The molecule has 0 bridgehead atoms. The molecule has 0 saturated heterocycles. The highest BCUT2D eigenvalue weighted by Crippen LogP contribution is 2.27. The molecule has 0 heterocycles. The molecule has 0 aromatic heterocycles. The smallest absolute Gasteiger partial charge is 0.331 e. The molecule has 0 N–H and O–H groups in total. The number of ether oxygens (including phenoxy) is 1.